The Morgan fingerprint density at radius 3 is 2.80 bits per heavy atom. The standard InChI is InChI=1S/C13H18N6O3.CH2O2/c1-4-9-11(8(2)22-16-9)13(20)19-5-6-21-10(7-19)12-14-17-18(3)15-12;2-1-3/h10H,4-7H2,1-3H3;1H,(H,2,3). The van der Waals surface area contributed by atoms with Crippen LogP contribution >= 0.6 is 0 Å². The summed E-state index contributed by atoms with van der Waals surface area (Å²) in [6, 6.07) is 0. The maximum absolute atomic E-state index is 12.8. The Bertz CT molecular complexity index is 727. The molecule has 11 heteroatoms. The number of morpholine rings is 1. The van der Waals surface area contributed by atoms with Crippen molar-refractivity contribution in [1.29, 1.82) is 0 Å². The van der Waals surface area contributed by atoms with Gasteiger partial charge in [0.2, 0.25) is 5.82 Å². The zero-order valence-electron chi connectivity index (χ0n) is 14.2. The highest BCUT2D eigenvalue weighted by atomic mass is 16.5. The van der Waals surface area contributed by atoms with Gasteiger partial charge in [0.25, 0.3) is 12.4 Å². The van der Waals surface area contributed by atoms with E-state index in [0.29, 0.717) is 49.0 Å². The maximum Gasteiger partial charge on any atom is 0.290 e. The van der Waals surface area contributed by atoms with E-state index in [0.717, 1.165) is 0 Å². The summed E-state index contributed by atoms with van der Waals surface area (Å²) in [5, 5.41) is 22.7. The first-order chi connectivity index (χ1) is 12.0. The lowest BCUT2D eigenvalue weighted by Crippen LogP contribution is -2.43. The predicted molar refractivity (Wildman–Crippen MR) is 82.7 cm³/mol. The van der Waals surface area contributed by atoms with Crippen molar-refractivity contribution < 1.29 is 24.0 Å². The number of aromatic nitrogens is 5. The fraction of sp³-hybridized carbons (Fsp3) is 0.571. The number of nitrogens with zero attached hydrogens (tertiary/aromatic N) is 6. The van der Waals surface area contributed by atoms with Gasteiger partial charge >= 0.3 is 0 Å². The van der Waals surface area contributed by atoms with Crippen LogP contribution < -0.4 is 0 Å². The molecule has 0 saturated carbocycles. The van der Waals surface area contributed by atoms with E-state index in [2.05, 4.69) is 20.6 Å². The molecule has 1 aliphatic heterocycles. The number of rotatable bonds is 3. The van der Waals surface area contributed by atoms with Crippen LogP contribution in [-0.4, -0.2) is 67.4 Å². The summed E-state index contributed by atoms with van der Waals surface area (Å²) in [6.07, 6.45) is 0.286. The first kappa shape index (κ1) is 18.5. The predicted octanol–water partition coefficient (Wildman–Crippen LogP) is -0.0166. The van der Waals surface area contributed by atoms with Gasteiger partial charge in [0.1, 0.15) is 17.4 Å². The average molecular weight is 352 g/mol. The number of carbonyl (C=O) groups excluding carboxylic acids is 1. The zero-order valence-corrected chi connectivity index (χ0v) is 14.2. The van der Waals surface area contributed by atoms with Crippen molar-refractivity contribution >= 4 is 12.4 Å². The Hall–Kier alpha value is -2.82. The molecule has 11 nitrogen and oxygen atoms in total. The van der Waals surface area contributed by atoms with Crippen molar-refractivity contribution in [2.75, 3.05) is 19.7 Å². The van der Waals surface area contributed by atoms with Crippen molar-refractivity contribution in [2.24, 2.45) is 7.05 Å². The second kappa shape index (κ2) is 8.33. The SMILES string of the molecule is CCc1noc(C)c1C(=O)N1CCOC(c2nnn(C)n2)C1.O=CO. The molecule has 1 atom stereocenters. The molecule has 3 heterocycles. The Balaban J connectivity index is 0.000000701. The number of carboxylic acid groups (broad SMARTS) is 1. The number of amides is 1. The largest absolute Gasteiger partial charge is 0.483 e. The molecule has 3 rings (SSSR count). The zero-order chi connectivity index (χ0) is 18.4. The van der Waals surface area contributed by atoms with Crippen molar-refractivity contribution in [1.82, 2.24) is 30.3 Å². The van der Waals surface area contributed by atoms with Crippen molar-refractivity contribution in [3.8, 4) is 0 Å². The topological polar surface area (TPSA) is 136 Å². The van der Waals surface area contributed by atoms with Crippen molar-refractivity contribution in [2.45, 2.75) is 26.4 Å². The highest BCUT2D eigenvalue weighted by molar-refractivity contribution is 5.96. The van der Waals surface area contributed by atoms with Crippen LogP contribution in [0.2, 0.25) is 0 Å². The van der Waals surface area contributed by atoms with E-state index in [-0.39, 0.29) is 18.5 Å². The maximum atomic E-state index is 12.8. The summed E-state index contributed by atoms with van der Waals surface area (Å²) < 4.78 is 10.8. The van der Waals surface area contributed by atoms with Gasteiger partial charge in [-0.05, 0) is 18.6 Å². The van der Waals surface area contributed by atoms with Crippen molar-refractivity contribution in [3.05, 3.63) is 22.8 Å². The van der Waals surface area contributed by atoms with Gasteiger partial charge in [-0.3, -0.25) is 9.59 Å². The van der Waals surface area contributed by atoms with E-state index in [9.17, 15) is 4.79 Å². The second-order valence-corrected chi connectivity index (χ2v) is 5.27. The summed E-state index contributed by atoms with van der Waals surface area (Å²) in [5.74, 6) is 0.938. The molecule has 1 N–H and O–H groups in total. The van der Waals surface area contributed by atoms with Crippen molar-refractivity contribution in [3.63, 3.8) is 0 Å². The molecule has 2 aromatic heterocycles. The van der Waals surface area contributed by atoms with Crippen LogP contribution in [0.25, 0.3) is 0 Å². The molecule has 1 fully saturated rings. The lowest BCUT2D eigenvalue weighted by molar-refractivity contribution is -0.122. The second-order valence-electron chi connectivity index (χ2n) is 5.27. The third kappa shape index (κ3) is 4.18. The van der Waals surface area contributed by atoms with Gasteiger partial charge in [0, 0.05) is 6.54 Å². The minimum atomic E-state index is -0.364. The van der Waals surface area contributed by atoms with E-state index in [1.807, 2.05) is 6.92 Å². The van der Waals surface area contributed by atoms with Gasteiger partial charge in [0.05, 0.1) is 25.9 Å². The molecular formula is C14H20N6O5. The molecule has 1 aliphatic rings. The average Bonchev–Trinajstić information content (AvgIpc) is 3.20. The molecule has 0 spiro atoms. The quantitative estimate of drug-likeness (QED) is 0.756. The van der Waals surface area contributed by atoms with Crippen LogP contribution in [0.15, 0.2) is 4.52 Å². The normalized spacial score (nSPS) is 16.9. The molecule has 25 heavy (non-hydrogen) atoms. The van der Waals surface area contributed by atoms with Gasteiger partial charge in [0.15, 0.2) is 0 Å². The van der Waals surface area contributed by atoms with Gasteiger partial charge in [-0.1, -0.05) is 12.1 Å². The lowest BCUT2D eigenvalue weighted by Gasteiger charge is -2.31. The molecule has 1 saturated heterocycles. The van der Waals surface area contributed by atoms with Crippen LogP contribution in [0.5, 0.6) is 0 Å². The minimum absolute atomic E-state index is 0.0900. The fourth-order valence-electron chi connectivity index (χ4n) is 2.51. The van der Waals surface area contributed by atoms with Gasteiger partial charge < -0.3 is 19.3 Å². The van der Waals surface area contributed by atoms with Crippen LogP contribution in [0.3, 0.4) is 0 Å². The summed E-state index contributed by atoms with van der Waals surface area (Å²) in [5.41, 5.74) is 1.23. The highest BCUT2D eigenvalue weighted by Gasteiger charge is 2.31. The van der Waals surface area contributed by atoms with Crippen LogP contribution in [0, 0.1) is 6.92 Å². The number of carbonyl (C=O) groups is 2. The third-order valence-electron chi connectivity index (χ3n) is 3.65. The van der Waals surface area contributed by atoms with E-state index in [1.165, 1.54) is 4.80 Å². The van der Waals surface area contributed by atoms with E-state index < -0.39 is 0 Å². The molecule has 1 amide bonds. The summed E-state index contributed by atoms with van der Waals surface area (Å²) in [6.45, 7) is 4.78. The molecule has 0 bridgehead atoms. The fourth-order valence-corrected chi connectivity index (χ4v) is 2.51. The van der Waals surface area contributed by atoms with Crippen LogP contribution in [-0.2, 0) is 23.0 Å². The minimum Gasteiger partial charge on any atom is -0.483 e. The molecule has 0 aliphatic carbocycles. The number of hydrogen-bond acceptors (Lipinski definition) is 8. The Labute approximate surface area is 143 Å². The number of ether oxygens (including phenoxy) is 1. The monoisotopic (exact) mass is 352 g/mol. The van der Waals surface area contributed by atoms with Gasteiger partial charge in [-0.25, -0.2) is 0 Å². The highest BCUT2D eigenvalue weighted by Crippen LogP contribution is 2.22. The molecule has 2 aromatic rings. The Morgan fingerprint density at radius 1 is 1.48 bits per heavy atom. The summed E-state index contributed by atoms with van der Waals surface area (Å²) >= 11 is 0. The van der Waals surface area contributed by atoms with E-state index in [1.54, 1.807) is 18.9 Å². The van der Waals surface area contributed by atoms with Gasteiger partial charge in [-0.15, -0.1) is 10.2 Å². The third-order valence-corrected chi connectivity index (χ3v) is 3.65. The lowest BCUT2D eigenvalue weighted by atomic mass is 10.1. The molecule has 0 aromatic carbocycles. The number of tetrazole rings is 1. The summed E-state index contributed by atoms with van der Waals surface area (Å²) in [7, 11) is 1.69. The first-order valence-corrected chi connectivity index (χ1v) is 7.69. The number of hydrogen-bond donors (Lipinski definition) is 1. The van der Waals surface area contributed by atoms with Crippen LogP contribution in [0.1, 0.15) is 40.7 Å². The van der Waals surface area contributed by atoms with Gasteiger partial charge in [-0.2, -0.15) is 4.80 Å². The van der Waals surface area contributed by atoms with E-state index >= 15 is 0 Å². The Kier molecular flexibility index (Phi) is 6.17. The molecular weight excluding hydrogens is 332 g/mol. The smallest absolute Gasteiger partial charge is 0.290 e. The Morgan fingerprint density at radius 2 is 2.20 bits per heavy atom. The molecule has 136 valence electrons. The number of aryl methyl sites for hydroxylation is 3. The summed E-state index contributed by atoms with van der Waals surface area (Å²) in [4.78, 5) is 24.2. The van der Waals surface area contributed by atoms with E-state index in [4.69, 9.17) is 19.2 Å². The van der Waals surface area contributed by atoms with Crippen LogP contribution in [0.4, 0.5) is 0 Å². The molecule has 0 radical (unpaired) electrons. The first-order valence-electron chi connectivity index (χ1n) is 7.69. The molecule has 1 unspecified atom stereocenters.